The summed E-state index contributed by atoms with van der Waals surface area (Å²) in [7, 11) is 1.85. The van der Waals surface area contributed by atoms with Gasteiger partial charge in [0.15, 0.2) is 5.96 Å². The van der Waals surface area contributed by atoms with Gasteiger partial charge in [-0.3, -0.25) is 9.89 Å². The summed E-state index contributed by atoms with van der Waals surface area (Å²) in [6, 6.07) is 5.48. The van der Waals surface area contributed by atoms with Gasteiger partial charge < -0.3 is 15.4 Å². The van der Waals surface area contributed by atoms with Crippen LogP contribution in [0, 0.1) is 6.92 Å². The van der Waals surface area contributed by atoms with Crippen LogP contribution in [-0.2, 0) is 4.74 Å². The lowest BCUT2D eigenvalue weighted by atomic mass is 9.93. The first-order chi connectivity index (χ1) is 11.3. The van der Waals surface area contributed by atoms with Crippen molar-refractivity contribution in [1.29, 1.82) is 0 Å². The molecular weight excluding hydrogens is 308 g/mol. The van der Waals surface area contributed by atoms with Gasteiger partial charge in [-0.15, -0.1) is 11.3 Å². The van der Waals surface area contributed by atoms with Gasteiger partial charge in [-0.2, -0.15) is 0 Å². The molecule has 2 N–H and O–H groups in total. The van der Waals surface area contributed by atoms with Crippen molar-refractivity contribution in [3.05, 3.63) is 21.9 Å². The van der Waals surface area contributed by atoms with Crippen LogP contribution >= 0.6 is 11.3 Å². The quantitative estimate of drug-likeness (QED) is 0.639. The van der Waals surface area contributed by atoms with E-state index in [-0.39, 0.29) is 0 Å². The van der Waals surface area contributed by atoms with Crippen molar-refractivity contribution in [2.45, 2.75) is 38.3 Å². The summed E-state index contributed by atoms with van der Waals surface area (Å²) >= 11 is 1.90. The Hall–Kier alpha value is -1.11. The minimum atomic E-state index is 0.387. The van der Waals surface area contributed by atoms with Crippen LogP contribution in [0.15, 0.2) is 17.1 Å². The van der Waals surface area contributed by atoms with Crippen molar-refractivity contribution in [2.24, 2.45) is 4.99 Å². The number of aryl methyl sites for hydroxylation is 1. The Morgan fingerprint density at radius 2 is 2.17 bits per heavy atom. The van der Waals surface area contributed by atoms with Gasteiger partial charge in [0.1, 0.15) is 0 Å². The maximum absolute atomic E-state index is 5.52. The average molecular weight is 337 g/mol. The molecule has 1 aromatic rings. The zero-order chi connectivity index (χ0) is 16.1. The molecule has 23 heavy (non-hydrogen) atoms. The van der Waals surface area contributed by atoms with Crippen LogP contribution in [0.25, 0.3) is 0 Å². The molecular formula is C17H28N4OS. The first-order valence-corrected chi connectivity index (χ1v) is 9.43. The van der Waals surface area contributed by atoms with Gasteiger partial charge in [0, 0.05) is 42.5 Å². The molecule has 0 radical (unpaired) electrons. The van der Waals surface area contributed by atoms with E-state index in [2.05, 4.69) is 39.6 Å². The van der Waals surface area contributed by atoms with Crippen LogP contribution in [0.4, 0.5) is 0 Å². The van der Waals surface area contributed by atoms with Gasteiger partial charge in [-0.05, 0) is 38.3 Å². The largest absolute Gasteiger partial charge is 0.379 e. The minimum absolute atomic E-state index is 0.387. The Morgan fingerprint density at radius 1 is 1.39 bits per heavy atom. The van der Waals surface area contributed by atoms with Crippen molar-refractivity contribution in [1.82, 2.24) is 15.5 Å². The van der Waals surface area contributed by atoms with E-state index in [9.17, 15) is 0 Å². The molecule has 1 unspecified atom stereocenters. The molecule has 2 fully saturated rings. The molecule has 3 rings (SSSR count). The highest BCUT2D eigenvalue weighted by Gasteiger charge is 2.25. The molecule has 1 aliphatic heterocycles. The molecule has 1 saturated carbocycles. The molecule has 6 heteroatoms. The van der Waals surface area contributed by atoms with E-state index < -0.39 is 0 Å². The molecule has 1 saturated heterocycles. The maximum Gasteiger partial charge on any atom is 0.191 e. The standard InChI is InChI=1S/C17H28N4OS/c1-13-6-7-16(23-13)15(21-8-10-22-11-9-21)12-19-17(18-2)20-14-4-3-5-14/h6-7,14-15H,3-5,8-12H2,1-2H3,(H2,18,19,20). The van der Waals surface area contributed by atoms with Gasteiger partial charge in [-0.25, -0.2) is 0 Å². The molecule has 2 aliphatic rings. The molecule has 1 atom stereocenters. The highest BCUT2D eigenvalue weighted by molar-refractivity contribution is 7.12. The molecule has 1 aromatic heterocycles. The van der Waals surface area contributed by atoms with Gasteiger partial charge in [0.05, 0.1) is 19.3 Å². The third-order valence-electron chi connectivity index (χ3n) is 4.71. The number of aliphatic imine (C=N–C) groups is 1. The highest BCUT2D eigenvalue weighted by atomic mass is 32.1. The first-order valence-electron chi connectivity index (χ1n) is 8.61. The van der Waals surface area contributed by atoms with Crippen LogP contribution in [0.5, 0.6) is 0 Å². The summed E-state index contributed by atoms with van der Waals surface area (Å²) in [5.41, 5.74) is 0. The van der Waals surface area contributed by atoms with Gasteiger partial charge in [-0.1, -0.05) is 0 Å². The summed E-state index contributed by atoms with van der Waals surface area (Å²) in [5.74, 6) is 0.932. The third-order valence-corrected chi connectivity index (χ3v) is 5.81. The lowest BCUT2D eigenvalue weighted by Gasteiger charge is -2.35. The van der Waals surface area contributed by atoms with Gasteiger partial charge >= 0.3 is 0 Å². The lowest BCUT2D eigenvalue weighted by molar-refractivity contribution is 0.0177. The van der Waals surface area contributed by atoms with E-state index in [0.29, 0.717) is 12.1 Å². The molecule has 2 heterocycles. The summed E-state index contributed by atoms with van der Waals surface area (Å²) in [4.78, 5) is 9.70. The topological polar surface area (TPSA) is 48.9 Å². The van der Waals surface area contributed by atoms with Crippen molar-refractivity contribution in [3.8, 4) is 0 Å². The number of guanidine groups is 1. The molecule has 128 valence electrons. The van der Waals surface area contributed by atoms with Gasteiger partial charge in [0.2, 0.25) is 0 Å². The smallest absolute Gasteiger partial charge is 0.191 e. The Labute approximate surface area is 143 Å². The van der Waals surface area contributed by atoms with Crippen LogP contribution in [0.1, 0.15) is 35.1 Å². The van der Waals surface area contributed by atoms with E-state index in [1.807, 2.05) is 18.4 Å². The highest BCUT2D eigenvalue weighted by Crippen LogP contribution is 2.28. The minimum Gasteiger partial charge on any atom is -0.379 e. The van der Waals surface area contributed by atoms with Crippen molar-refractivity contribution in [3.63, 3.8) is 0 Å². The van der Waals surface area contributed by atoms with E-state index in [1.54, 1.807) is 0 Å². The summed E-state index contributed by atoms with van der Waals surface area (Å²) in [6.07, 6.45) is 3.86. The number of thiophene rings is 1. The predicted molar refractivity (Wildman–Crippen MR) is 96.3 cm³/mol. The maximum atomic E-state index is 5.52. The Bertz CT molecular complexity index is 520. The van der Waals surface area contributed by atoms with Crippen LogP contribution in [-0.4, -0.2) is 56.8 Å². The van der Waals surface area contributed by atoms with Crippen LogP contribution in [0.3, 0.4) is 0 Å². The average Bonchev–Trinajstić information content (AvgIpc) is 2.96. The molecule has 0 aromatic carbocycles. The number of hydrogen-bond donors (Lipinski definition) is 2. The summed E-state index contributed by atoms with van der Waals surface area (Å²) in [5, 5.41) is 7.05. The number of hydrogen-bond acceptors (Lipinski definition) is 4. The van der Waals surface area contributed by atoms with Crippen LogP contribution < -0.4 is 10.6 Å². The van der Waals surface area contributed by atoms with Gasteiger partial charge in [0.25, 0.3) is 0 Å². The van der Waals surface area contributed by atoms with Crippen molar-refractivity contribution < 1.29 is 4.74 Å². The molecule has 5 nitrogen and oxygen atoms in total. The third kappa shape index (κ3) is 4.46. The lowest BCUT2D eigenvalue weighted by Crippen LogP contribution is -2.49. The fraction of sp³-hybridized carbons (Fsp3) is 0.706. The Balaban J connectivity index is 1.62. The second kappa shape index (κ2) is 8.13. The summed E-state index contributed by atoms with van der Waals surface area (Å²) < 4.78 is 5.52. The SMILES string of the molecule is CN=C(NCC(c1ccc(C)s1)N1CCOCC1)NC1CCC1. The monoisotopic (exact) mass is 336 g/mol. The first kappa shape index (κ1) is 16.7. The fourth-order valence-electron chi connectivity index (χ4n) is 3.07. The predicted octanol–water partition coefficient (Wildman–Crippen LogP) is 2.15. The van der Waals surface area contributed by atoms with E-state index in [0.717, 1.165) is 38.8 Å². The van der Waals surface area contributed by atoms with Crippen molar-refractivity contribution in [2.75, 3.05) is 39.9 Å². The number of morpholine rings is 1. The zero-order valence-electron chi connectivity index (χ0n) is 14.2. The fourth-order valence-corrected chi connectivity index (χ4v) is 4.08. The Morgan fingerprint density at radius 3 is 2.74 bits per heavy atom. The number of rotatable bonds is 5. The Kier molecular flexibility index (Phi) is 5.91. The second-order valence-corrected chi connectivity index (χ2v) is 7.66. The van der Waals surface area contributed by atoms with E-state index in [4.69, 9.17) is 4.74 Å². The van der Waals surface area contributed by atoms with Crippen molar-refractivity contribution >= 4 is 17.3 Å². The number of nitrogens with zero attached hydrogens (tertiary/aromatic N) is 2. The zero-order valence-corrected chi connectivity index (χ0v) is 15.0. The van der Waals surface area contributed by atoms with E-state index >= 15 is 0 Å². The molecule has 0 spiro atoms. The number of nitrogens with one attached hydrogen (secondary N) is 2. The normalized spacial score (nSPS) is 21.7. The molecule has 0 bridgehead atoms. The van der Waals surface area contributed by atoms with E-state index in [1.165, 1.54) is 29.0 Å². The molecule has 0 amide bonds. The van der Waals surface area contributed by atoms with Crippen LogP contribution in [0.2, 0.25) is 0 Å². The molecule has 1 aliphatic carbocycles. The second-order valence-electron chi connectivity index (χ2n) is 6.34. The number of ether oxygens (including phenoxy) is 1. The summed E-state index contributed by atoms with van der Waals surface area (Å²) in [6.45, 7) is 6.71.